The summed E-state index contributed by atoms with van der Waals surface area (Å²) in [5, 5.41) is 0. The lowest BCUT2D eigenvalue weighted by atomic mass is 9.89. The molecule has 0 aromatic heterocycles. The SMILES string of the molecule is CPC1CC[C@@H](C)C(=O)C1. The molecule has 1 aliphatic carbocycles. The van der Waals surface area contributed by atoms with Gasteiger partial charge in [-0.1, -0.05) is 6.92 Å². The number of hydrogen-bond donors (Lipinski definition) is 0. The Labute approximate surface area is 64.4 Å². The highest BCUT2D eigenvalue weighted by Crippen LogP contribution is 2.30. The predicted molar refractivity (Wildman–Crippen MR) is 46.0 cm³/mol. The minimum absolute atomic E-state index is 0.354. The maximum Gasteiger partial charge on any atom is 0.136 e. The fourth-order valence-electron chi connectivity index (χ4n) is 1.40. The lowest BCUT2D eigenvalue weighted by Gasteiger charge is -2.23. The van der Waals surface area contributed by atoms with Gasteiger partial charge in [-0.15, -0.1) is 8.58 Å². The van der Waals surface area contributed by atoms with Gasteiger partial charge in [-0.2, -0.15) is 0 Å². The van der Waals surface area contributed by atoms with Crippen LogP contribution >= 0.6 is 8.58 Å². The fraction of sp³-hybridized carbons (Fsp3) is 0.875. The zero-order valence-electron chi connectivity index (χ0n) is 6.68. The molecule has 0 bridgehead atoms. The molecule has 2 heteroatoms. The van der Waals surface area contributed by atoms with E-state index in [1.807, 2.05) is 0 Å². The molecule has 0 spiro atoms. The van der Waals surface area contributed by atoms with E-state index in [0.717, 1.165) is 27.1 Å². The molecule has 0 N–H and O–H groups in total. The largest absolute Gasteiger partial charge is 0.299 e. The van der Waals surface area contributed by atoms with E-state index in [1.54, 1.807) is 0 Å². The molecule has 0 heterocycles. The third-order valence-electron chi connectivity index (χ3n) is 2.35. The molecule has 3 atom stereocenters. The van der Waals surface area contributed by atoms with Gasteiger partial charge in [0.1, 0.15) is 5.78 Å². The Balaban J connectivity index is 2.41. The van der Waals surface area contributed by atoms with Gasteiger partial charge in [0.2, 0.25) is 0 Å². The molecular formula is C8H15OP. The highest BCUT2D eigenvalue weighted by atomic mass is 31.1. The summed E-state index contributed by atoms with van der Waals surface area (Å²) < 4.78 is 0. The van der Waals surface area contributed by atoms with E-state index in [0.29, 0.717) is 11.7 Å². The molecule has 0 radical (unpaired) electrons. The Morgan fingerprint density at radius 3 is 2.70 bits per heavy atom. The second kappa shape index (κ2) is 3.48. The first-order chi connectivity index (χ1) is 4.74. The molecule has 1 fully saturated rings. The van der Waals surface area contributed by atoms with Gasteiger partial charge in [0.05, 0.1) is 0 Å². The van der Waals surface area contributed by atoms with Gasteiger partial charge in [0.15, 0.2) is 0 Å². The molecule has 0 saturated heterocycles. The molecule has 1 saturated carbocycles. The molecule has 2 unspecified atom stereocenters. The second-order valence-corrected chi connectivity index (χ2v) is 4.53. The van der Waals surface area contributed by atoms with Crippen molar-refractivity contribution in [1.29, 1.82) is 0 Å². The van der Waals surface area contributed by atoms with Crippen LogP contribution < -0.4 is 0 Å². The van der Waals surface area contributed by atoms with Crippen LogP contribution in [0.25, 0.3) is 0 Å². The van der Waals surface area contributed by atoms with Crippen LogP contribution in [0.3, 0.4) is 0 Å². The lowest BCUT2D eigenvalue weighted by Crippen LogP contribution is -2.23. The van der Waals surface area contributed by atoms with Crippen LogP contribution in [0.4, 0.5) is 0 Å². The van der Waals surface area contributed by atoms with Crippen molar-refractivity contribution in [2.45, 2.75) is 31.8 Å². The van der Waals surface area contributed by atoms with E-state index < -0.39 is 0 Å². The minimum Gasteiger partial charge on any atom is -0.299 e. The van der Waals surface area contributed by atoms with Crippen LogP contribution in [0.1, 0.15) is 26.2 Å². The average molecular weight is 158 g/mol. The van der Waals surface area contributed by atoms with Gasteiger partial charge in [0, 0.05) is 12.3 Å². The number of carbonyl (C=O) groups is 1. The predicted octanol–water partition coefficient (Wildman–Crippen LogP) is 2.05. The van der Waals surface area contributed by atoms with Gasteiger partial charge < -0.3 is 0 Å². The average Bonchev–Trinajstić information content (AvgIpc) is 1.95. The Morgan fingerprint density at radius 1 is 1.50 bits per heavy atom. The standard InChI is InChI=1S/C8H15OP/c1-6-3-4-7(10-2)5-8(6)9/h6-7,10H,3-5H2,1-2H3/t6-,7?/m1/s1. The van der Waals surface area contributed by atoms with Crippen molar-refractivity contribution < 1.29 is 4.79 Å². The lowest BCUT2D eigenvalue weighted by molar-refractivity contribution is -0.123. The van der Waals surface area contributed by atoms with Crippen molar-refractivity contribution >= 4 is 14.4 Å². The molecular weight excluding hydrogens is 143 g/mol. The molecule has 0 aromatic rings. The Hall–Kier alpha value is 0.100. The highest BCUT2D eigenvalue weighted by molar-refractivity contribution is 7.38. The van der Waals surface area contributed by atoms with Gasteiger partial charge in [-0.3, -0.25) is 4.79 Å². The molecule has 0 aromatic carbocycles. The highest BCUT2D eigenvalue weighted by Gasteiger charge is 2.23. The van der Waals surface area contributed by atoms with E-state index in [-0.39, 0.29) is 0 Å². The van der Waals surface area contributed by atoms with Crippen molar-refractivity contribution in [3.63, 3.8) is 0 Å². The number of carbonyl (C=O) groups excluding carboxylic acids is 1. The monoisotopic (exact) mass is 158 g/mol. The minimum atomic E-state index is 0.354. The smallest absolute Gasteiger partial charge is 0.136 e. The number of ketones is 1. The van der Waals surface area contributed by atoms with E-state index in [4.69, 9.17) is 0 Å². The molecule has 1 nitrogen and oxygen atoms in total. The van der Waals surface area contributed by atoms with Crippen LogP contribution in [-0.2, 0) is 4.79 Å². The third-order valence-corrected chi connectivity index (χ3v) is 3.66. The van der Waals surface area contributed by atoms with Crippen molar-refractivity contribution in [3.05, 3.63) is 0 Å². The van der Waals surface area contributed by atoms with Gasteiger partial charge >= 0.3 is 0 Å². The topological polar surface area (TPSA) is 17.1 Å². The van der Waals surface area contributed by atoms with Crippen LogP contribution in [0.2, 0.25) is 0 Å². The molecule has 1 aliphatic rings. The van der Waals surface area contributed by atoms with Gasteiger partial charge in [0.25, 0.3) is 0 Å². The van der Waals surface area contributed by atoms with E-state index in [9.17, 15) is 4.79 Å². The summed E-state index contributed by atoms with van der Waals surface area (Å²) in [5.74, 6) is 0.846. The van der Waals surface area contributed by atoms with Crippen LogP contribution in [-0.4, -0.2) is 18.1 Å². The molecule has 0 aliphatic heterocycles. The third kappa shape index (κ3) is 1.79. The summed E-state index contributed by atoms with van der Waals surface area (Å²) in [4.78, 5) is 11.2. The quantitative estimate of drug-likeness (QED) is 0.534. The Kier molecular flexibility index (Phi) is 2.85. The van der Waals surface area contributed by atoms with Gasteiger partial charge in [-0.05, 0) is 25.2 Å². The summed E-state index contributed by atoms with van der Waals surface area (Å²) in [6, 6.07) is 0. The second-order valence-electron chi connectivity index (χ2n) is 3.13. The van der Waals surface area contributed by atoms with Gasteiger partial charge in [-0.25, -0.2) is 0 Å². The molecule has 58 valence electrons. The van der Waals surface area contributed by atoms with Crippen LogP contribution in [0, 0.1) is 5.92 Å². The summed E-state index contributed by atoms with van der Waals surface area (Å²) >= 11 is 0. The van der Waals surface area contributed by atoms with Crippen molar-refractivity contribution in [2.24, 2.45) is 5.92 Å². The van der Waals surface area contributed by atoms with E-state index in [1.165, 1.54) is 6.42 Å². The number of Topliss-reactive ketones (excluding diaryl/α,β-unsaturated/α-hetero) is 1. The Morgan fingerprint density at radius 2 is 2.20 bits per heavy atom. The van der Waals surface area contributed by atoms with Crippen molar-refractivity contribution in [2.75, 3.05) is 6.66 Å². The zero-order chi connectivity index (χ0) is 7.56. The van der Waals surface area contributed by atoms with Crippen LogP contribution in [0.5, 0.6) is 0 Å². The maximum absolute atomic E-state index is 11.2. The van der Waals surface area contributed by atoms with E-state index >= 15 is 0 Å². The summed E-state index contributed by atoms with van der Waals surface area (Å²) in [6.07, 6.45) is 3.27. The number of rotatable bonds is 1. The summed E-state index contributed by atoms with van der Waals surface area (Å²) in [5.41, 5.74) is 0.726. The normalized spacial score (nSPS) is 35.6. The van der Waals surface area contributed by atoms with Crippen molar-refractivity contribution in [1.82, 2.24) is 0 Å². The summed E-state index contributed by atoms with van der Waals surface area (Å²) in [6.45, 7) is 4.26. The molecule has 1 rings (SSSR count). The maximum atomic E-state index is 11.2. The van der Waals surface area contributed by atoms with Crippen LogP contribution in [0.15, 0.2) is 0 Å². The molecule has 10 heavy (non-hydrogen) atoms. The zero-order valence-corrected chi connectivity index (χ0v) is 7.68. The number of hydrogen-bond acceptors (Lipinski definition) is 1. The summed E-state index contributed by atoms with van der Waals surface area (Å²) in [7, 11) is 0.962. The first kappa shape index (κ1) is 8.20. The van der Waals surface area contributed by atoms with Crippen molar-refractivity contribution in [3.8, 4) is 0 Å². The first-order valence-corrected chi connectivity index (χ1v) is 5.51. The molecule has 0 amide bonds. The Bertz CT molecular complexity index is 133. The van der Waals surface area contributed by atoms with E-state index in [2.05, 4.69) is 13.6 Å². The first-order valence-electron chi connectivity index (χ1n) is 3.94. The fourth-order valence-corrected chi connectivity index (χ4v) is 2.27.